The number of esters is 1. The Morgan fingerprint density at radius 3 is 2.48 bits per heavy atom. The maximum atomic E-state index is 12.3. The van der Waals surface area contributed by atoms with Gasteiger partial charge >= 0.3 is 5.97 Å². The molecule has 2 aromatic carbocycles. The van der Waals surface area contributed by atoms with E-state index in [-0.39, 0.29) is 18.3 Å². The van der Waals surface area contributed by atoms with Gasteiger partial charge in [-0.05, 0) is 49.8 Å². The van der Waals surface area contributed by atoms with Crippen molar-refractivity contribution in [2.75, 3.05) is 19.0 Å². The van der Waals surface area contributed by atoms with Gasteiger partial charge in [0.15, 0.2) is 18.1 Å². The summed E-state index contributed by atoms with van der Waals surface area (Å²) in [7, 11) is 1.45. The molecule has 2 rings (SSSR count). The van der Waals surface area contributed by atoms with Crippen molar-refractivity contribution >= 4 is 23.6 Å². The molecule has 0 radical (unpaired) electrons. The first-order chi connectivity index (χ1) is 13.9. The van der Waals surface area contributed by atoms with Gasteiger partial charge in [0, 0.05) is 5.69 Å². The topological polar surface area (TPSA) is 97.6 Å². The fraction of sp³-hybridized carbons (Fsp3) is 0.227. The number of nitriles is 1. The second-order valence-corrected chi connectivity index (χ2v) is 6.23. The maximum absolute atomic E-state index is 12.3. The maximum Gasteiger partial charge on any atom is 0.344 e. The zero-order valence-electron chi connectivity index (χ0n) is 16.5. The first kappa shape index (κ1) is 21.5. The lowest BCUT2D eigenvalue weighted by Gasteiger charge is -2.12. The van der Waals surface area contributed by atoms with Crippen molar-refractivity contribution in [2.45, 2.75) is 20.0 Å². The van der Waals surface area contributed by atoms with Gasteiger partial charge < -0.3 is 19.5 Å². The molecule has 0 aromatic heterocycles. The van der Waals surface area contributed by atoms with Crippen molar-refractivity contribution < 1.29 is 23.8 Å². The van der Waals surface area contributed by atoms with Crippen molar-refractivity contribution in [3.05, 3.63) is 59.7 Å². The second kappa shape index (κ2) is 10.5. The summed E-state index contributed by atoms with van der Waals surface area (Å²) in [6.45, 7) is 3.24. The van der Waals surface area contributed by atoms with E-state index in [9.17, 15) is 14.9 Å². The van der Waals surface area contributed by atoms with Crippen LogP contribution in [0.15, 0.2) is 54.1 Å². The fourth-order valence-corrected chi connectivity index (χ4v) is 2.36. The summed E-state index contributed by atoms with van der Waals surface area (Å²) in [5, 5.41) is 12.0. The Bertz CT molecular complexity index is 930. The number of nitrogens with one attached hydrogen (secondary N) is 1. The van der Waals surface area contributed by atoms with Crippen LogP contribution < -0.4 is 14.8 Å². The average Bonchev–Trinajstić information content (AvgIpc) is 2.70. The van der Waals surface area contributed by atoms with Crippen molar-refractivity contribution in [2.24, 2.45) is 0 Å². The SMILES string of the molecule is COc1cc(/C=C(/C#N)C(=O)Nc2ccccc2)ccc1OCC(=O)OC(C)C. The summed E-state index contributed by atoms with van der Waals surface area (Å²) >= 11 is 0. The number of nitrogens with zero attached hydrogens (tertiary/aromatic N) is 1. The number of carbonyl (C=O) groups excluding carboxylic acids is 2. The molecule has 0 aliphatic carbocycles. The van der Waals surface area contributed by atoms with Gasteiger partial charge in [0.25, 0.3) is 5.91 Å². The third-order valence-electron chi connectivity index (χ3n) is 3.61. The molecule has 150 valence electrons. The number of benzene rings is 2. The molecule has 0 bridgehead atoms. The molecule has 0 atom stereocenters. The molecule has 0 spiro atoms. The Hall–Kier alpha value is -3.79. The van der Waals surface area contributed by atoms with Gasteiger partial charge in [-0.15, -0.1) is 0 Å². The molecule has 29 heavy (non-hydrogen) atoms. The Kier molecular flexibility index (Phi) is 7.80. The van der Waals surface area contributed by atoms with Gasteiger partial charge in [0.2, 0.25) is 0 Å². The first-order valence-electron chi connectivity index (χ1n) is 8.91. The van der Waals surface area contributed by atoms with E-state index in [1.54, 1.807) is 56.3 Å². The number of para-hydroxylation sites is 1. The molecule has 0 aliphatic rings. The molecule has 0 aliphatic heterocycles. The summed E-state index contributed by atoms with van der Waals surface area (Å²) < 4.78 is 15.7. The minimum Gasteiger partial charge on any atom is -0.493 e. The summed E-state index contributed by atoms with van der Waals surface area (Å²) in [5.74, 6) is -0.306. The van der Waals surface area contributed by atoms with Crippen molar-refractivity contribution in [3.8, 4) is 17.6 Å². The number of hydrogen-bond donors (Lipinski definition) is 1. The molecule has 1 amide bonds. The van der Waals surface area contributed by atoms with E-state index in [0.29, 0.717) is 22.7 Å². The predicted octanol–water partition coefficient (Wildman–Crippen LogP) is 3.57. The van der Waals surface area contributed by atoms with E-state index in [2.05, 4.69) is 5.32 Å². The molecule has 2 aromatic rings. The normalized spacial score (nSPS) is 10.8. The minimum absolute atomic E-state index is 0.0647. The van der Waals surface area contributed by atoms with Crippen LogP contribution >= 0.6 is 0 Å². The smallest absolute Gasteiger partial charge is 0.344 e. The molecule has 0 saturated carbocycles. The quantitative estimate of drug-likeness (QED) is 0.418. The lowest BCUT2D eigenvalue weighted by atomic mass is 10.1. The lowest BCUT2D eigenvalue weighted by molar-refractivity contribution is -0.149. The zero-order chi connectivity index (χ0) is 21.2. The monoisotopic (exact) mass is 394 g/mol. The summed E-state index contributed by atoms with van der Waals surface area (Å²) in [5.41, 5.74) is 1.09. The minimum atomic E-state index is -0.519. The number of anilines is 1. The van der Waals surface area contributed by atoms with Crippen LogP contribution in [0, 0.1) is 11.3 Å². The Morgan fingerprint density at radius 1 is 1.14 bits per heavy atom. The van der Waals surface area contributed by atoms with Gasteiger partial charge in [0.1, 0.15) is 11.6 Å². The van der Waals surface area contributed by atoms with Crippen LogP contribution in [0.1, 0.15) is 19.4 Å². The van der Waals surface area contributed by atoms with E-state index in [1.807, 2.05) is 12.1 Å². The summed E-state index contributed by atoms with van der Waals surface area (Å²) in [6.07, 6.45) is 1.21. The number of amides is 1. The van der Waals surface area contributed by atoms with Gasteiger partial charge in [-0.2, -0.15) is 5.26 Å². The lowest BCUT2D eigenvalue weighted by Crippen LogP contribution is -2.18. The molecule has 7 heteroatoms. The Labute approximate surface area is 169 Å². The van der Waals surface area contributed by atoms with E-state index < -0.39 is 11.9 Å². The van der Waals surface area contributed by atoms with Crippen LogP contribution in [-0.2, 0) is 14.3 Å². The Balaban J connectivity index is 2.13. The van der Waals surface area contributed by atoms with Crippen molar-refractivity contribution in [1.29, 1.82) is 5.26 Å². The molecule has 0 fully saturated rings. The number of methoxy groups -OCH3 is 1. The van der Waals surface area contributed by atoms with Gasteiger partial charge in [-0.3, -0.25) is 4.79 Å². The highest BCUT2D eigenvalue weighted by Gasteiger charge is 2.13. The van der Waals surface area contributed by atoms with Crippen LogP contribution in [0.5, 0.6) is 11.5 Å². The number of carbonyl (C=O) groups is 2. The fourth-order valence-electron chi connectivity index (χ4n) is 2.36. The van der Waals surface area contributed by atoms with Crippen molar-refractivity contribution in [1.82, 2.24) is 0 Å². The number of rotatable bonds is 8. The van der Waals surface area contributed by atoms with Crippen LogP contribution in [0.4, 0.5) is 5.69 Å². The van der Waals surface area contributed by atoms with E-state index in [0.717, 1.165) is 0 Å². The van der Waals surface area contributed by atoms with Gasteiger partial charge in [-0.25, -0.2) is 4.79 Å². The summed E-state index contributed by atoms with van der Waals surface area (Å²) in [4.78, 5) is 24.0. The van der Waals surface area contributed by atoms with Gasteiger partial charge in [-0.1, -0.05) is 24.3 Å². The van der Waals surface area contributed by atoms with E-state index >= 15 is 0 Å². The zero-order valence-corrected chi connectivity index (χ0v) is 16.5. The molecular weight excluding hydrogens is 372 g/mol. The van der Waals surface area contributed by atoms with E-state index in [4.69, 9.17) is 14.2 Å². The molecule has 0 unspecified atom stereocenters. The Morgan fingerprint density at radius 2 is 1.86 bits per heavy atom. The summed E-state index contributed by atoms with van der Waals surface area (Å²) in [6, 6.07) is 15.6. The second-order valence-electron chi connectivity index (χ2n) is 6.23. The van der Waals surface area contributed by atoms with Gasteiger partial charge in [0.05, 0.1) is 13.2 Å². The standard InChI is InChI=1S/C22H22N2O5/c1-15(2)29-21(25)14-28-19-10-9-16(12-20(19)27-3)11-17(13-23)22(26)24-18-7-5-4-6-8-18/h4-12,15H,14H2,1-3H3,(H,24,26)/b17-11-. The molecule has 0 saturated heterocycles. The van der Waals surface area contributed by atoms with Crippen LogP contribution in [0.2, 0.25) is 0 Å². The molecule has 1 N–H and O–H groups in total. The van der Waals surface area contributed by atoms with E-state index in [1.165, 1.54) is 13.2 Å². The highest BCUT2D eigenvalue weighted by Crippen LogP contribution is 2.29. The predicted molar refractivity (Wildman–Crippen MR) is 108 cm³/mol. The van der Waals surface area contributed by atoms with Crippen LogP contribution in [-0.4, -0.2) is 31.7 Å². The number of hydrogen-bond acceptors (Lipinski definition) is 6. The van der Waals surface area contributed by atoms with Crippen molar-refractivity contribution in [3.63, 3.8) is 0 Å². The van der Waals surface area contributed by atoms with Crippen LogP contribution in [0.3, 0.4) is 0 Å². The van der Waals surface area contributed by atoms with Crippen LogP contribution in [0.25, 0.3) is 6.08 Å². The molecular formula is C22H22N2O5. The number of ether oxygens (including phenoxy) is 3. The largest absolute Gasteiger partial charge is 0.493 e. The highest BCUT2D eigenvalue weighted by atomic mass is 16.6. The highest BCUT2D eigenvalue weighted by molar-refractivity contribution is 6.09. The third-order valence-corrected chi connectivity index (χ3v) is 3.61. The molecule has 0 heterocycles. The molecule has 7 nitrogen and oxygen atoms in total. The third kappa shape index (κ3) is 6.70. The first-order valence-corrected chi connectivity index (χ1v) is 8.91. The average molecular weight is 394 g/mol.